The van der Waals surface area contributed by atoms with E-state index >= 15 is 0 Å². The molecule has 0 aromatic heterocycles. The van der Waals surface area contributed by atoms with Crippen LogP contribution >= 0.6 is 0 Å². The number of hydrogen-bond donors (Lipinski definition) is 0. The quantitative estimate of drug-likeness (QED) is 0.0195. The van der Waals surface area contributed by atoms with Crippen molar-refractivity contribution in [3.05, 3.63) is 194 Å². The summed E-state index contributed by atoms with van der Waals surface area (Å²) in [6, 6.07) is 0. The SMILES string of the molecule is CC/C=C\C/C=C\C/C=C\C/C=C\C/C=C\C/C=C\C/C=C\C/C=C\CCCCCCCCCCCCCCCCCCC(=O)OCC(COC(OCC[N+](C)(C)C)C(=O)[O-])OC(=O)CCCCCCCCCCCCCCCCCC/C=C\C/C=C\C/C=C\C/C=C\C/C=C\C/C=C\C/C=C\C/C=C\CC. The summed E-state index contributed by atoms with van der Waals surface area (Å²) >= 11 is 0. The fourth-order valence-electron chi connectivity index (χ4n) is 11.8. The molecule has 0 radical (unpaired) electrons. The Kier molecular flexibility index (Phi) is 81.0. The third kappa shape index (κ3) is 87.2. The fraction of sp³-hybridized carbons (Fsp3) is 0.643. The third-order valence-corrected chi connectivity index (χ3v) is 18.3. The van der Waals surface area contributed by atoms with Crippen LogP contribution in [0, 0.1) is 0 Å². The predicted octanol–water partition coefficient (Wildman–Crippen LogP) is 27.5. The van der Waals surface area contributed by atoms with Crippen molar-refractivity contribution in [2.45, 2.75) is 360 Å². The Hall–Kier alpha value is -5.87. The maximum atomic E-state index is 13.0. The van der Waals surface area contributed by atoms with Crippen LogP contribution in [0.25, 0.3) is 0 Å². The molecular formula is C98H161NO8. The summed E-state index contributed by atoms with van der Waals surface area (Å²) in [5, 5.41) is 11.9. The Balaban J connectivity index is 4.02. The summed E-state index contributed by atoms with van der Waals surface area (Å²) in [6.45, 7) is 4.54. The second kappa shape index (κ2) is 85.7. The summed E-state index contributed by atoms with van der Waals surface area (Å²) < 4.78 is 22.9. The highest BCUT2D eigenvalue weighted by molar-refractivity contribution is 5.70. The number of aliphatic carboxylic acids is 1. The Morgan fingerprint density at radius 2 is 0.505 bits per heavy atom. The smallest absolute Gasteiger partial charge is 0.306 e. The van der Waals surface area contributed by atoms with Crippen molar-refractivity contribution < 1.29 is 42.9 Å². The van der Waals surface area contributed by atoms with E-state index in [4.69, 9.17) is 18.9 Å². The number of quaternary nitrogens is 1. The molecule has 0 aliphatic rings. The zero-order valence-corrected chi connectivity index (χ0v) is 69.4. The first-order valence-electron chi connectivity index (χ1n) is 43.6. The van der Waals surface area contributed by atoms with E-state index < -0.39 is 24.3 Å². The predicted molar refractivity (Wildman–Crippen MR) is 462 cm³/mol. The highest BCUT2D eigenvalue weighted by Gasteiger charge is 2.22. The van der Waals surface area contributed by atoms with Gasteiger partial charge in [-0.3, -0.25) is 9.59 Å². The van der Waals surface area contributed by atoms with Crippen molar-refractivity contribution >= 4 is 17.9 Å². The van der Waals surface area contributed by atoms with Gasteiger partial charge in [-0.2, -0.15) is 0 Å². The maximum absolute atomic E-state index is 13.0. The molecule has 0 rings (SSSR count). The first-order chi connectivity index (χ1) is 52.6. The lowest BCUT2D eigenvalue weighted by Gasteiger charge is -2.26. The molecule has 0 aromatic carbocycles. The van der Waals surface area contributed by atoms with Crippen LogP contribution in [0.2, 0.25) is 0 Å². The van der Waals surface area contributed by atoms with E-state index in [1.54, 1.807) is 0 Å². The molecule has 0 N–H and O–H groups in total. The van der Waals surface area contributed by atoms with Gasteiger partial charge in [0.1, 0.15) is 13.2 Å². The summed E-state index contributed by atoms with van der Waals surface area (Å²) in [7, 11) is 5.94. The number of carboxylic acid groups (broad SMARTS) is 1. The molecule has 2 unspecified atom stereocenters. The van der Waals surface area contributed by atoms with E-state index in [1.807, 2.05) is 21.1 Å². The molecule has 0 amide bonds. The zero-order chi connectivity index (χ0) is 77.4. The van der Waals surface area contributed by atoms with Gasteiger partial charge in [0.25, 0.3) is 0 Å². The van der Waals surface area contributed by atoms with Crippen LogP contribution < -0.4 is 5.11 Å². The zero-order valence-electron chi connectivity index (χ0n) is 69.4. The van der Waals surface area contributed by atoms with Crippen LogP contribution in [0.4, 0.5) is 0 Å². The lowest BCUT2D eigenvalue weighted by Crippen LogP contribution is -2.44. The molecule has 107 heavy (non-hydrogen) atoms. The van der Waals surface area contributed by atoms with Crippen molar-refractivity contribution in [2.24, 2.45) is 0 Å². The topological polar surface area (TPSA) is 111 Å². The highest BCUT2D eigenvalue weighted by Crippen LogP contribution is 2.18. The molecule has 0 aromatic rings. The molecular weight excluding hydrogens is 1320 g/mol. The van der Waals surface area contributed by atoms with E-state index in [0.29, 0.717) is 17.4 Å². The number of unbranched alkanes of at least 4 members (excludes halogenated alkanes) is 32. The molecule has 0 saturated carbocycles. The van der Waals surface area contributed by atoms with E-state index in [9.17, 15) is 19.5 Å². The van der Waals surface area contributed by atoms with Gasteiger partial charge in [0.05, 0.1) is 40.3 Å². The average Bonchev–Trinajstić information content (AvgIpc) is 0.928. The van der Waals surface area contributed by atoms with Crippen LogP contribution in [-0.4, -0.2) is 82.3 Å². The summed E-state index contributed by atoms with van der Waals surface area (Å²) in [5.74, 6) is -2.28. The summed E-state index contributed by atoms with van der Waals surface area (Å²) in [4.78, 5) is 37.7. The van der Waals surface area contributed by atoms with Gasteiger partial charge in [0.15, 0.2) is 12.4 Å². The van der Waals surface area contributed by atoms with Crippen LogP contribution in [-0.2, 0) is 33.3 Å². The van der Waals surface area contributed by atoms with Gasteiger partial charge in [-0.1, -0.05) is 388 Å². The normalized spacial score (nSPS) is 13.6. The number of carbonyl (C=O) groups is 3. The minimum atomic E-state index is -1.63. The molecule has 9 heteroatoms. The molecule has 2 atom stereocenters. The minimum Gasteiger partial charge on any atom is -0.545 e. The average molecular weight is 1480 g/mol. The lowest BCUT2D eigenvalue weighted by molar-refractivity contribution is -0.870. The molecule has 0 aliphatic heterocycles. The Labute approximate surface area is 659 Å². The monoisotopic (exact) mass is 1480 g/mol. The van der Waals surface area contributed by atoms with Crippen molar-refractivity contribution in [3.63, 3.8) is 0 Å². The number of esters is 2. The maximum Gasteiger partial charge on any atom is 0.306 e. The van der Waals surface area contributed by atoms with Gasteiger partial charge in [0.2, 0.25) is 0 Å². The summed E-state index contributed by atoms with van der Waals surface area (Å²) in [6.07, 6.45) is 128. The van der Waals surface area contributed by atoms with Crippen molar-refractivity contribution in [1.82, 2.24) is 0 Å². The number of likely N-dealkylation sites (N-methyl/N-ethyl adjacent to an activating group) is 1. The molecule has 0 bridgehead atoms. The van der Waals surface area contributed by atoms with E-state index in [0.717, 1.165) is 141 Å². The Morgan fingerprint density at radius 1 is 0.280 bits per heavy atom. The third-order valence-electron chi connectivity index (χ3n) is 18.3. The number of nitrogens with zero attached hydrogens (tertiary/aromatic N) is 1. The largest absolute Gasteiger partial charge is 0.545 e. The van der Waals surface area contributed by atoms with E-state index in [1.165, 1.54) is 173 Å². The van der Waals surface area contributed by atoms with Crippen LogP contribution in [0.1, 0.15) is 348 Å². The van der Waals surface area contributed by atoms with Crippen molar-refractivity contribution in [1.29, 1.82) is 0 Å². The van der Waals surface area contributed by atoms with Crippen LogP contribution in [0.5, 0.6) is 0 Å². The standard InChI is InChI=1S/C98H161NO8/c1-6-8-10-12-14-16-18-20-22-24-26-28-30-32-34-36-38-40-42-44-46-48-50-52-54-56-58-60-62-64-66-68-70-72-74-76-78-80-82-84-86-88-95(100)105-92-94(93-106-98(97(102)103)104-91-90-99(3,4)5)107-96(101)89-87-85-83-81-79-77-75-73-71-69-67-65-63-61-59-57-55-53-51-49-47-45-43-41-39-37-35-33-31-29-27-25-23-21-19-17-15-13-11-9-7-2/h8-11,14-17,20-23,26-29,32-35,38-41,44-47,50-53,94,98H,6-7,12-13,18-19,24-25,30-31,36-37,42-43,48-49,54-93H2,1-5H3/b10-8-,11-9-,16-14-,17-15-,22-20-,23-21-,28-26-,29-27-,34-32-,35-33-,40-38-,41-39-,46-44-,47-45-,52-50-,53-51-. The second-order valence-electron chi connectivity index (χ2n) is 29.7. The van der Waals surface area contributed by atoms with Gasteiger partial charge in [-0.15, -0.1) is 0 Å². The molecule has 0 fully saturated rings. The molecule has 606 valence electrons. The van der Waals surface area contributed by atoms with Crippen LogP contribution in [0.15, 0.2) is 194 Å². The second-order valence-corrected chi connectivity index (χ2v) is 29.7. The first-order valence-corrected chi connectivity index (χ1v) is 43.6. The van der Waals surface area contributed by atoms with Gasteiger partial charge in [-0.25, -0.2) is 0 Å². The first kappa shape index (κ1) is 101. The van der Waals surface area contributed by atoms with Gasteiger partial charge in [-0.05, 0) is 141 Å². The van der Waals surface area contributed by atoms with Gasteiger partial charge < -0.3 is 33.3 Å². The number of carboxylic acids is 1. The summed E-state index contributed by atoms with van der Waals surface area (Å²) in [5.41, 5.74) is 0. The Morgan fingerprint density at radius 3 is 0.748 bits per heavy atom. The number of rotatable bonds is 79. The molecule has 0 saturated heterocycles. The number of ether oxygens (including phenoxy) is 4. The number of carbonyl (C=O) groups excluding carboxylic acids is 3. The van der Waals surface area contributed by atoms with E-state index in [-0.39, 0.29) is 38.6 Å². The molecule has 0 spiro atoms. The van der Waals surface area contributed by atoms with Gasteiger partial charge >= 0.3 is 11.9 Å². The van der Waals surface area contributed by atoms with Crippen LogP contribution in [0.3, 0.4) is 0 Å². The van der Waals surface area contributed by atoms with E-state index in [2.05, 4.69) is 208 Å². The van der Waals surface area contributed by atoms with Crippen molar-refractivity contribution in [3.8, 4) is 0 Å². The molecule has 9 nitrogen and oxygen atoms in total. The molecule has 0 aliphatic carbocycles. The Bertz CT molecular complexity index is 2480. The lowest BCUT2D eigenvalue weighted by atomic mass is 10.0. The fourth-order valence-corrected chi connectivity index (χ4v) is 11.8. The van der Waals surface area contributed by atoms with Crippen molar-refractivity contribution in [2.75, 3.05) is 47.5 Å². The van der Waals surface area contributed by atoms with Gasteiger partial charge in [0, 0.05) is 12.8 Å². The number of allylic oxidation sites excluding steroid dienone is 32. The highest BCUT2D eigenvalue weighted by atomic mass is 16.7. The molecule has 0 heterocycles. The number of hydrogen-bond acceptors (Lipinski definition) is 8. The minimum absolute atomic E-state index is 0.142.